The summed E-state index contributed by atoms with van der Waals surface area (Å²) in [6.07, 6.45) is 21.1. The zero-order valence-electron chi connectivity index (χ0n) is 22.6. The molecule has 0 aliphatic heterocycles. The molecule has 2 unspecified atom stereocenters. The Labute approximate surface area is 214 Å². The molecule has 0 saturated heterocycles. The second-order valence-electron chi connectivity index (χ2n) is 10.1. The summed E-state index contributed by atoms with van der Waals surface area (Å²) in [6, 6.07) is 7.80. The average molecular weight is 485 g/mol. The van der Waals surface area contributed by atoms with E-state index in [1.807, 2.05) is 43.6 Å². The highest BCUT2D eigenvalue weighted by molar-refractivity contribution is 5.55. The Hall–Kier alpha value is -1.97. The molecule has 2 aromatic rings. The normalized spacial score (nSPS) is 13.0. The monoisotopic (exact) mass is 484 g/mol. The van der Waals surface area contributed by atoms with Gasteiger partial charge in [-0.05, 0) is 55.0 Å². The summed E-state index contributed by atoms with van der Waals surface area (Å²) < 4.78 is 20.1. The largest absolute Gasteiger partial charge is 0.493 e. The Morgan fingerprint density at radius 2 is 1.31 bits per heavy atom. The van der Waals surface area contributed by atoms with Gasteiger partial charge in [0.15, 0.2) is 5.82 Å². The Kier molecular flexibility index (Phi) is 15.3. The maximum Gasteiger partial charge on any atom is 0.159 e. The molecule has 2 atom stereocenters. The minimum Gasteiger partial charge on any atom is -0.493 e. The SMILES string of the molecule is CCCCCCCCCCCc1cnc(-c2ccc(OCCC(F)C(C)CCCCC)cc2)nc1. The van der Waals surface area contributed by atoms with Crippen molar-refractivity contribution in [3.05, 3.63) is 42.2 Å². The minimum atomic E-state index is -0.798. The lowest BCUT2D eigenvalue weighted by molar-refractivity contribution is 0.177. The molecule has 1 aromatic heterocycles. The predicted octanol–water partition coefficient (Wildman–Crippen LogP) is 9.54. The average Bonchev–Trinajstić information content (AvgIpc) is 2.88. The summed E-state index contributed by atoms with van der Waals surface area (Å²) >= 11 is 0. The van der Waals surface area contributed by atoms with Gasteiger partial charge in [-0.2, -0.15) is 0 Å². The van der Waals surface area contributed by atoms with Crippen LogP contribution in [0.25, 0.3) is 11.4 Å². The molecule has 3 nitrogen and oxygen atoms in total. The molecule has 196 valence electrons. The molecule has 4 heteroatoms. The van der Waals surface area contributed by atoms with Crippen LogP contribution in [-0.2, 0) is 6.42 Å². The molecule has 0 amide bonds. The first-order chi connectivity index (χ1) is 17.1. The van der Waals surface area contributed by atoms with E-state index >= 15 is 0 Å². The summed E-state index contributed by atoms with van der Waals surface area (Å²) in [7, 11) is 0. The summed E-state index contributed by atoms with van der Waals surface area (Å²) in [6.45, 7) is 6.86. The maximum atomic E-state index is 14.3. The molecule has 0 radical (unpaired) electrons. The third-order valence-electron chi connectivity index (χ3n) is 6.93. The van der Waals surface area contributed by atoms with Crippen molar-refractivity contribution in [1.82, 2.24) is 9.97 Å². The predicted molar refractivity (Wildman–Crippen MR) is 147 cm³/mol. The first kappa shape index (κ1) is 29.3. The number of rotatable bonds is 20. The van der Waals surface area contributed by atoms with E-state index in [9.17, 15) is 4.39 Å². The number of ether oxygens (including phenoxy) is 1. The van der Waals surface area contributed by atoms with Gasteiger partial charge in [0.25, 0.3) is 0 Å². The third kappa shape index (κ3) is 12.5. The van der Waals surface area contributed by atoms with Gasteiger partial charge in [-0.3, -0.25) is 0 Å². The topological polar surface area (TPSA) is 35.0 Å². The molecule has 35 heavy (non-hydrogen) atoms. The number of aromatic nitrogens is 2. The van der Waals surface area contributed by atoms with E-state index in [2.05, 4.69) is 23.8 Å². The van der Waals surface area contributed by atoms with E-state index < -0.39 is 6.17 Å². The number of benzene rings is 1. The molecular weight excluding hydrogens is 435 g/mol. The van der Waals surface area contributed by atoms with Gasteiger partial charge in [0, 0.05) is 24.4 Å². The number of nitrogens with zero attached hydrogens (tertiary/aromatic N) is 2. The molecule has 2 rings (SSSR count). The first-order valence-electron chi connectivity index (χ1n) is 14.3. The van der Waals surface area contributed by atoms with Crippen molar-refractivity contribution in [2.75, 3.05) is 6.61 Å². The van der Waals surface area contributed by atoms with Crippen molar-refractivity contribution in [2.24, 2.45) is 5.92 Å². The highest BCUT2D eigenvalue weighted by atomic mass is 19.1. The minimum absolute atomic E-state index is 0.105. The lowest BCUT2D eigenvalue weighted by Crippen LogP contribution is -2.16. The van der Waals surface area contributed by atoms with Crippen molar-refractivity contribution >= 4 is 0 Å². The Balaban J connectivity index is 1.64. The fraction of sp³-hybridized carbons (Fsp3) is 0.677. The summed E-state index contributed by atoms with van der Waals surface area (Å²) in [5.74, 6) is 1.60. The van der Waals surface area contributed by atoms with Crippen LogP contribution in [-0.4, -0.2) is 22.7 Å². The van der Waals surface area contributed by atoms with Gasteiger partial charge in [0.1, 0.15) is 11.9 Å². The van der Waals surface area contributed by atoms with Crippen LogP contribution < -0.4 is 4.74 Å². The first-order valence-corrected chi connectivity index (χ1v) is 14.3. The van der Waals surface area contributed by atoms with Gasteiger partial charge in [-0.1, -0.05) is 91.4 Å². The Morgan fingerprint density at radius 3 is 1.94 bits per heavy atom. The van der Waals surface area contributed by atoms with Crippen LogP contribution in [0.3, 0.4) is 0 Å². The van der Waals surface area contributed by atoms with E-state index in [0.29, 0.717) is 13.0 Å². The quantitative estimate of drug-likeness (QED) is 0.175. The molecule has 0 fully saturated rings. The van der Waals surface area contributed by atoms with Gasteiger partial charge in [0.2, 0.25) is 0 Å². The zero-order valence-corrected chi connectivity index (χ0v) is 22.6. The van der Waals surface area contributed by atoms with E-state index in [-0.39, 0.29) is 5.92 Å². The molecule has 0 aliphatic rings. The van der Waals surface area contributed by atoms with Gasteiger partial charge in [0.05, 0.1) is 6.61 Å². The number of hydrogen-bond acceptors (Lipinski definition) is 3. The standard InChI is InChI=1S/C31H49FN2O/c1-4-6-8-9-10-11-12-13-15-17-27-24-33-31(34-25-27)28-18-20-29(21-19-28)35-23-22-30(32)26(3)16-14-7-5-2/h18-21,24-26,30H,4-17,22-23H2,1-3H3. The molecule has 0 saturated carbocycles. The van der Waals surface area contributed by atoms with Gasteiger partial charge in [-0.15, -0.1) is 0 Å². The van der Waals surface area contributed by atoms with E-state index in [1.54, 1.807) is 0 Å². The van der Waals surface area contributed by atoms with Crippen LogP contribution in [0, 0.1) is 5.92 Å². The second-order valence-corrected chi connectivity index (χ2v) is 10.1. The lowest BCUT2D eigenvalue weighted by atomic mass is 9.97. The fourth-order valence-electron chi connectivity index (χ4n) is 4.44. The highest BCUT2D eigenvalue weighted by Gasteiger charge is 2.16. The van der Waals surface area contributed by atoms with Crippen LogP contribution in [0.5, 0.6) is 5.75 Å². The molecule has 1 aromatic carbocycles. The molecule has 0 aliphatic carbocycles. The third-order valence-corrected chi connectivity index (χ3v) is 6.93. The molecular formula is C31H49FN2O. The molecule has 0 spiro atoms. The van der Waals surface area contributed by atoms with Crippen LogP contribution >= 0.6 is 0 Å². The highest BCUT2D eigenvalue weighted by Crippen LogP contribution is 2.22. The molecule has 0 N–H and O–H groups in total. The van der Waals surface area contributed by atoms with Gasteiger partial charge < -0.3 is 4.74 Å². The smallest absolute Gasteiger partial charge is 0.159 e. The van der Waals surface area contributed by atoms with Crippen LogP contribution in [0.15, 0.2) is 36.7 Å². The summed E-state index contributed by atoms with van der Waals surface area (Å²) in [4.78, 5) is 9.14. The van der Waals surface area contributed by atoms with Crippen LogP contribution in [0.2, 0.25) is 0 Å². The number of hydrogen-bond donors (Lipinski definition) is 0. The van der Waals surface area contributed by atoms with Crippen molar-refractivity contribution in [1.29, 1.82) is 0 Å². The van der Waals surface area contributed by atoms with Gasteiger partial charge >= 0.3 is 0 Å². The van der Waals surface area contributed by atoms with Crippen molar-refractivity contribution in [3.8, 4) is 17.1 Å². The molecule has 0 bridgehead atoms. The fourth-order valence-corrected chi connectivity index (χ4v) is 4.44. The maximum absolute atomic E-state index is 14.3. The Morgan fingerprint density at radius 1 is 0.743 bits per heavy atom. The Bertz CT molecular complexity index is 763. The number of alkyl halides is 1. The van der Waals surface area contributed by atoms with Gasteiger partial charge in [-0.25, -0.2) is 14.4 Å². The molecule has 1 heterocycles. The van der Waals surface area contributed by atoms with Crippen molar-refractivity contribution in [3.63, 3.8) is 0 Å². The number of aryl methyl sites for hydroxylation is 1. The van der Waals surface area contributed by atoms with E-state index in [0.717, 1.165) is 36.4 Å². The van der Waals surface area contributed by atoms with E-state index in [4.69, 9.17) is 4.74 Å². The second kappa shape index (κ2) is 18.3. The number of unbranched alkanes of at least 4 members (excludes halogenated alkanes) is 10. The number of halogens is 1. The summed E-state index contributed by atoms with van der Waals surface area (Å²) in [5, 5.41) is 0. The van der Waals surface area contributed by atoms with Crippen LogP contribution in [0.4, 0.5) is 4.39 Å². The lowest BCUT2D eigenvalue weighted by Gasteiger charge is -2.17. The zero-order chi connectivity index (χ0) is 25.1. The van der Waals surface area contributed by atoms with Crippen LogP contribution in [0.1, 0.15) is 116 Å². The van der Waals surface area contributed by atoms with Crippen molar-refractivity contribution < 1.29 is 9.13 Å². The summed E-state index contributed by atoms with van der Waals surface area (Å²) in [5.41, 5.74) is 2.18. The van der Waals surface area contributed by atoms with Crippen molar-refractivity contribution in [2.45, 2.75) is 123 Å². The van der Waals surface area contributed by atoms with E-state index in [1.165, 1.54) is 76.2 Å².